The van der Waals surface area contributed by atoms with E-state index in [2.05, 4.69) is 163 Å². The van der Waals surface area contributed by atoms with Crippen molar-refractivity contribution < 1.29 is 0 Å². The first-order chi connectivity index (χ1) is 27.8. The first-order valence-corrected chi connectivity index (χ1v) is 18.5. The molecule has 266 valence electrons. The van der Waals surface area contributed by atoms with Crippen LogP contribution in [-0.4, -0.2) is 19.9 Å². The number of rotatable bonds is 10. The lowest BCUT2D eigenvalue weighted by atomic mass is 9.89. The number of fused-ring (bicyclic) bond motifs is 2. The highest BCUT2D eigenvalue weighted by molar-refractivity contribution is 6.16. The summed E-state index contributed by atoms with van der Waals surface area (Å²) < 4.78 is 0. The molecule has 0 radical (unpaired) electrons. The molecule has 0 aliphatic carbocycles. The third-order valence-electron chi connectivity index (χ3n) is 9.78. The van der Waals surface area contributed by atoms with Crippen molar-refractivity contribution in [3.8, 4) is 0 Å². The van der Waals surface area contributed by atoms with E-state index >= 15 is 0 Å². The summed E-state index contributed by atoms with van der Waals surface area (Å²) in [7, 11) is 0. The molecule has 4 aromatic heterocycles. The summed E-state index contributed by atoms with van der Waals surface area (Å²) in [5.74, 6) is 0. The Hall–Kier alpha value is -7.70. The van der Waals surface area contributed by atoms with Gasteiger partial charge in [0.15, 0.2) is 0 Å². The highest BCUT2D eigenvalue weighted by Crippen LogP contribution is 2.43. The second-order valence-corrected chi connectivity index (χ2v) is 13.3. The molecule has 0 amide bonds. The Morgan fingerprint density at radius 3 is 0.982 bits per heavy atom. The molecule has 0 aliphatic rings. The van der Waals surface area contributed by atoms with Crippen molar-refractivity contribution in [2.45, 2.75) is 0 Å². The molecule has 5 aromatic carbocycles. The first kappa shape index (κ1) is 34.1. The molecule has 0 N–H and O–H groups in total. The quantitative estimate of drug-likeness (QED) is 0.104. The Bertz CT molecular complexity index is 2500. The molecule has 9 aromatic rings. The fraction of sp³-hybridized carbons (Fsp3) is 0. The zero-order valence-corrected chi connectivity index (χ0v) is 30.5. The Labute approximate surface area is 326 Å². The molecule has 0 saturated carbocycles. The molecular weight excluding hydrogens is 685 g/mol. The highest BCUT2D eigenvalue weighted by Gasteiger charge is 2.19. The fourth-order valence-electron chi connectivity index (χ4n) is 7.23. The lowest BCUT2D eigenvalue weighted by Crippen LogP contribution is -2.11. The van der Waals surface area contributed by atoms with Crippen molar-refractivity contribution in [1.29, 1.82) is 0 Å². The molecule has 9 rings (SSSR count). The molecule has 0 aliphatic heterocycles. The number of hydrogen-bond donors (Lipinski definition) is 0. The average Bonchev–Trinajstić information content (AvgIpc) is 3.27. The number of pyridine rings is 4. The topological polar surface area (TPSA) is 58.0 Å². The first-order valence-electron chi connectivity index (χ1n) is 18.5. The monoisotopic (exact) mass is 720 g/mol. The van der Waals surface area contributed by atoms with Crippen LogP contribution in [0, 0.1) is 0 Å². The van der Waals surface area contributed by atoms with Gasteiger partial charge in [0.2, 0.25) is 0 Å². The van der Waals surface area contributed by atoms with E-state index in [4.69, 9.17) is 0 Å². The van der Waals surface area contributed by atoms with E-state index in [-0.39, 0.29) is 0 Å². The van der Waals surface area contributed by atoms with Gasteiger partial charge in [0.1, 0.15) is 0 Å². The number of nitrogens with zero attached hydrogens (tertiary/aromatic N) is 6. The van der Waals surface area contributed by atoms with Gasteiger partial charge in [0.05, 0.1) is 47.5 Å². The van der Waals surface area contributed by atoms with Gasteiger partial charge >= 0.3 is 0 Å². The van der Waals surface area contributed by atoms with E-state index in [1.807, 2.05) is 61.2 Å². The molecule has 6 nitrogen and oxygen atoms in total. The standard InChI is InChI=1S/C50H36N6/c1-3-11-37(12-4-1)19-23-45-47-25-21-40(56(43-17-9-29-53-35-43)44-18-10-30-54-36-44)32-50(47)46(24-20-38-13-5-2-6-14-38)48-26-22-39(31-49(45)48)55(41-15-7-27-51-33-41)42-16-8-28-52-34-42/h1-36H/b23-19+,24-20+. The minimum Gasteiger partial charge on any atom is -0.307 e. The van der Waals surface area contributed by atoms with Gasteiger partial charge in [-0.25, -0.2) is 0 Å². The summed E-state index contributed by atoms with van der Waals surface area (Å²) >= 11 is 0. The third-order valence-corrected chi connectivity index (χ3v) is 9.78. The summed E-state index contributed by atoms with van der Waals surface area (Å²) in [5.41, 5.74) is 10.3. The van der Waals surface area contributed by atoms with Crippen LogP contribution in [0.25, 0.3) is 45.8 Å². The van der Waals surface area contributed by atoms with Gasteiger partial charge in [0, 0.05) is 36.2 Å². The normalized spacial score (nSPS) is 11.4. The Kier molecular flexibility index (Phi) is 9.57. The van der Waals surface area contributed by atoms with Crippen LogP contribution in [0.1, 0.15) is 22.3 Å². The highest BCUT2D eigenvalue weighted by atomic mass is 15.2. The minimum atomic E-state index is 0.946. The average molecular weight is 721 g/mol. The number of anilines is 6. The van der Waals surface area contributed by atoms with Gasteiger partial charge in [-0.1, -0.05) is 97.1 Å². The summed E-state index contributed by atoms with van der Waals surface area (Å²) in [6.45, 7) is 0. The molecule has 0 bridgehead atoms. The van der Waals surface area contributed by atoms with Gasteiger partial charge < -0.3 is 9.80 Å². The van der Waals surface area contributed by atoms with Crippen molar-refractivity contribution in [3.05, 3.63) is 217 Å². The van der Waals surface area contributed by atoms with E-state index in [9.17, 15) is 0 Å². The molecule has 0 fully saturated rings. The van der Waals surface area contributed by atoms with Crippen molar-refractivity contribution in [2.75, 3.05) is 9.80 Å². The molecule has 0 spiro atoms. The lowest BCUT2D eigenvalue weighted by molar-refractivity contribution is 1.20. The Morgan fingerprint density at radius 1 is 0.304 bits per heavy atom. The van der Waals surface area contributed by atoms with Crippen molar-refractivity contribution >= 4 is 80.0 Å². The predicted octanol–water partition coefficient (Wildman–Crippen LogP) is 12.9. The van der Waals surface area contributed by atoms with E-state index < -0.39 is 0 Å². The minimum absolute atomic E-state index is 0.946. The molecule has 6 heteroatoms. The van der Waals surface area contributed by atoms with Gasteiger partial charge in [-0.05, 0) is 117 Å². The second kappa shape index (κ2) is 15.7. The van der Waals surface area contributed by atoms with Crippen molar-refractivity contribution in [1.82, 2.24) is 19.9 Å². The molecular formula is C50H36N6. The molecule has 0 saturated heterocycles. The SMILES string of the molecule is C(=C\c1c2ccc(N(c3cccnc3)c3cccnc3)cc2c(/C=C/c2ccccc2)c2ccc(N(c3cccnc3)c3cccnc3)cc12)/c1ccccc1. The van der Waals surface area contributed by atoms with Crippen molar-refractivity contribution in [2.24, 2.45) is 0 Å². The van der Waals surface area contributed by atoms with Gasteiger partial charge in [0.25, 0.3) is 0 Å². The molecule has 0 atom stereocenters. The van der Waals surface area contributed by atoms with Crippen LogP contribution in [0.5, 0.6) is 0 Å². The van der Waals surface area contributed by atoms with Crippen LogP contribution in [0.2, 0.25) is 0 Å². The largest absolute Gasteiger partial charge is 0.307 e. The third kappa shape index (κ3) is 7.02. The second-order valence-electron chi connectivity index (χ2n) is 13.3. The molecule has 0 unspecified atom stereocenters. The van der Waals surface area contributed by atoms with E-state index in [1.54, 1.807) is 24.8 Å². The Balaban J connectivity index is 1.34. The van der Waals surface area contributed by atoms with Crippen LogP contribution in [0.15, 0.2) is 195 Å². The van der Waals surface area contributed by atoms with Crippen molar-refractivity contribution in [3.63, 3.8) is 0 Å². The number of aromatic nitrogens is 4. The van der Waals surface area contributed by atoms with Crippen LogP contribution in [0.4, 0.5) is 34.1 Å². The van der Waals surface area contributed by atoms with Crippen LogP contribution in [0.3, 0.4) is 0 Å². The summed E-state index contributed by atoms with van der Waals surface area (Å²) in [6.07, 6.45) is 23.7. The van der Waals surface area contributed by atoms with E-state index in [1.165, 1.54) is 0 Å². The maximum Gasteiger partial charge on any atom is 0.0645 e. The maximum absolute atomic E-state index is 4.48. The number of benzene rings is 5. The van der Waals surface area contributed by atoms with Crippen LogP contribution < -0.4 is 9.80 Å². The predicted molar refractivity (Wildman–Crippen MR) is 233 cm³/mol. The number of hydrogen-bond acceptors (Lipinski definition) is 6. The van der Waals surface area contributed by atoms with Gasteiger partial charge in [-0.3, -0.25) is 19.9 Å². The zero-order valence-electron chi connectivity index (χ0n) is 30.5. The van der Waals surface area contributed by atoms with E-state index in [0.717, 1.165) is 77.9 Å². The smallest absolute Gasteiger partial charge is 0.0645 e. The molecule has 4 heterocycles. The van der Waals surface area contributed by atoms with Crippen LogP contribution in [-0.2, 0) is 0 Å². The molecule has 56 heavy (non-hydrogen) atoms. The summed E-state index contributed by atoms with van der Waals surface area (Å²) in [5, 5.41) is 4.50. The van der Waals surface area contributed by atoms with Gasteiger partial charge in [-0.2, -0.15) is 0 Å². The fourth-order valence-corrected chi connectivity index (χ4v) is 7.23. The van der Waals surface area contributed by atoms with E-state index in [0.29, 0.717) is 0 Å². The summed E-state index contributed by atoms with van der Waals surface area (Å²) in [4.78, 5) is 22.3. The van der Waals surface area contributed by atoms with Crippen LogP contribution >= 0.6 is 0 Å². The Morgan fingerprint density at radius 2 is 0.661 bits per heavy atom. The van der Waals surface area contributed by atoms with Gasteiger partial charge in [-0.15, -0.1) is 0 Å². The zero-order chi connectivity index (χ0) is 37.5. The lowest BCUT2D eigenvalue weighted by Gasteiger charge is -2.26. The maximum atomic E-state index is 4.48. The summed E-state index contributed by atoms with van der Waals surface area (Å²) in [6, 6.07) is 50.6.